The Labute approximate surface area is 109 Å². The summed E-state index contributed by atoms with van der Waals surface area (Å²) in [5.41, 5.74) is 1.14. The molecule has 1 aromatic carbocycles. The molecule has 0 saturated heterocycles. The quantitative estimate of drug-likeness (QED) is 0.832. The molecule has 0 fully saturated rings. The number of halogens is 1. The van der Waals surface area contributed by atoms with E-state index < -0.39 is 5.97 Å². The minimum atomic E-state index is -1.03. The van der Waals surface area contributed by atoms with Gasteiger partial charge in [0.05, 0.1) is 0 Å². The molecule has 0 amide bonds. The lowest BCUT2D eigenvalue weighted by molar-refractivity contribution is 0.0697. The summed E-state index contributed by atoms with van der Waals surface area (Å²) in [6, 6.07) is 12.5. The number of carboxylic acid groups (broad SMARTS) is 1. The normalized spacial score (nSPS) is 10.1. The first-order valence-electron chi connectivity index (χ1n) is 5.34. The molecule has 0 unspecified atom stereocenters. The third-order valence-corrected chi connectivity index (χ3v) is 2.60. The third-order valence-electron chi connectivity index (χ3n) is 2.39. The lowest BCUT2D eigenvalue weighted by Crippen LogP contribution is -2.08. The molecule has 18 heavy (non-hydrogen) atoms. The van der Waals surface area contributed by atoms with E-state index in [0.717, 1.165) is 5.56 Å². The van der Waals surface area contributed by atoms with E-state index in [2.05, 4.69) is 10.3 Å². The molecule has 5 heteroatoms. The van der Waals surface area contributed by atoms with Crippen LogP contribution in [0.5, 0.6) is 0 Å². The van der Waals surface area contributed by atoms with Crippen LogP contribution >= 0.6 is 11.6 Å². The van der Waals surface area contributed by atoms with Crippen LogP contribution in [-0.4, -0.2) is 16.1 Å². The molecule has 0 aliphatic rings. The molecule has 0 spiro atoms. The van der Waals surface area contributed by atoms with Gasteiger partial charge in [0.2, 0.25) is 0 Å². The number of aromatic nitrogens is 1. The molecule has 0 bridgehead atoms. The van der Waals surface area contributed by atoms with E-state index in [0.29, 0.717) is 6.54 Å². The summed E-state index contributed by atoms with van der Waals surface area (Å²) in [6.07, 6.45) is 0. The van der Waals surface area contributed by atoms with Crippen molar-refractivity contribution < 1.29 is 9.90 Å². The van der Waals surface area contributed by atoms with Gasteiger partial charge in [-0.1, -0.05) is 41.9 Å². The van der Waals surface area contributed by atoms with Crippen molar-refractivity contribution in [3.05, 3.63) is 58.7 Å². The Morgan fingerprint density at radius 1 is 1.22 bits per heavy atom. The van der Waals surface area contributed by atoms with Gasteiger partial charge in [0.25, 0.3) is 0 Å². The highest BCUT2D eigenvalue weighted by molar-refractivity contribution is 6.29. The fourth-order valence-corrected chi connectivity index (χ4v) is 1.67. The molecule has 2 N–H and O–H groups in total. The minimum Gasteiger partial charge on any atom is -0.478 e. The van der Waals surface area contributed by atoms with E-state index in [1.54, 1.807) is 0 Å². The maximum absolute atomic E-state index is 11.0. The Morgan fingerprint density at radius 2 is 1.94 bits per heavy atom. The Bertz CT molecular complexity index is 558. The summed E-state index contributed by atoms with van der Waals surface area (Å²) in [5.74, 6) is -0.756. The van der Waals surface area contributed by atoms with Crippen LogP contribution in [0.3, 0.4) is 0 Å². The van der Waals surface area contributed by atoms with E-state index in [9.17, 15) is 4.79 Å². The number of benzene rings is 1. The molecule has 4 nitrogen and oxygen atoms in total. The van der Waals surface area contributed by atoms with Crippen LogP contribution in [0.25, 0.3) is 0 Å². The van der Waals surface area contributed by atoms with Crippen molar-refractivity contribution in [3.63, 3.8) is 0 Å². The zero-order chi connectivity index (χ0) is 13.0. The summed E-state index contributed by atoms with van der Waals surface area (Å²) in [7, 11) is 0. The largest absolute Gasteiger partial charge is 0.478 e. The van der Waals surface area contributed by atoms with Gasteiger partial charge in [-0.2, -0.15) is 0 Å². The Kier molecular flexibility index (Phi) is 3.79. The van der Waals surface area contributed by atoms with Crippen molar-refractivity contribution in [2.75, 3.05) is 5.32 Å². The van der Waals surface area contributed by atoms with E-state index in [-0.39, 0.29) is 16.5 Å². The summed E-state index contributed by atoms with van der Waals surface area (Å²) in [5, 5.41) is 12.3. The summed E-state index contributed by atoms with van der Waals surface area (Å²) in [4.78, 5) is 15.0. The van der Waals surface area contributed by atoms with Gasteiger partial charge >= 0.3 is 5.97 Å². The monoisotopic (exact) mass is 262 g/mol. The average molecular weight is 263 g/mol. The first kappa shape index (κ1) is 12.4. The van der Waals surface area contributed by atoms with Gasteiger partial charge in [-0.25, -0.2) is 9.78 Å². The fourth-order valence-electron chi connectivity index (χ4n) is 1.52. The summed E-state index contributed by atoms with van der Waals surface area (Å²) >= 11 is 5.76. The first-order valence-corrected chi connectivity index (χ1v) is 5.72. The number of carbonyl (C=O) groups is 1. The van der Waals surface area contributed by atoms with Gasteiger partial charge in [0.15, 0.2) is 0 Å². The number of nitrogens with zero attached hydrogens (tertiary/aromatic N) is 1. The van der Waals surface area contributed by atoms with Crippen molar-refractivity contribution in [3.8, 4) is 0 Å². The zero-order valence-corrected chi connectivity index (χ0v) is 10.2. The van der Waals surface area contributed by atoms with Crippen molar-refractivity contribution in [2.24, 2.45) is 0 Å². The van der Waals surface area contributed by atoms with Gasteiger partial charge in [0, 0.05) is 6.54 Å². The van der Waals surface area contributed by atoms with E-state index in [1.165, 1.54) is 12.1 Å². The average Bonchev–Trinajstić information content (AvgIpc) is 2.37. The molecule has 0 atom stereocenters. The number of hydrogen-bond acceptors (Lipinski definition) is 3. The van der Waals surface area contributed by atoms with Gasteiger partial charge in [-0.15, -0.1) is 0 Å². The SMILES string of the molecule is O=C(O)c1ccc(Cl)nc1NCc1ccccc1. The molecule has 2 aromatic rings. The number of nitrogens with one attached hydrogen (secondary N) is 1. The maximum Gasteiger partial charge on any atom is 0.339 e. The molecular formula is C13H11ClN2O2. The lowest BCUT2D eigenvalue weighted by atomic mass is 10.2. The van der Waals surface area contributed by atoms with Crippen LogP contribution in [0, 0.1) is 0 Å². The van der Waals surface area contributed by atoms with Gasteiger partial charge in [-0.3, -0.25) is 0 Å². The summed E-state index contributed by atoms with van der Waals surface area (Å²) in [6.45, 7) is 0.495. The number of aromatic carboxylic acids is 1. The zero-order valence-electron chi connectivity index (χ0n) is 9.43. The number of anilines is 1. The van der Waals surface area contributed by atoms with Crippen LogP contribution in [0.2, 0.25) is 5.15 Å². The second kappa shape index (κ2) is 5.51. The topological polar surface area (TPSA) is 62.2 Å². The highest BCUT2D eigenvalue weighted by Crippen LogP contribution is 2.17. The fraction of sp³-hybridized carbons (Fsp3) is 0.0769. The van der Waals surface area contributed by atoms with Crippen LogP contribution in [0.15, 0.2) is 42.5 Å². The van der Waals surface area contributed by atoms with E-state index >= 15 is 0 Å². The van der Waals surface area contributed by atoms with Gasteiger partial charge in [0.1, 0.15) is 16.5 Å². The molecule has 1 aromatic heterocycles. The number of rotatable bonds is 4. The van der Waals surface area contributed by atoms with E-state index in [4.69, 9.17) is 16.7 Å². The molecule has 0 saturated carbocycles. The second-order valence-corrected chi connectivity index (χ2v) is 4.06. The molecule has 1 heterocycles. The highest BCUT2D eigenvalue weighted by atomic mass is 35.5. The Hall–Kier alpha value is -2.07. The number of carboxylic acids is 1. The first-order chi connectivity index (χ1) is 8.66. The van der Waals surface area contributed by atoms with Crippen LogP contribution in [-0.2, 0) is 6.54 Å². The van der Waals surface area contributed by atoms with Crippen molar-refractivity contribution in [2.45, 2.75) is 6.54 Å². The number of pyridine rings is 1. The third kappa shape index (κ3) is 2.99. The minimum absolute atomic E-state index is 0.107. The smallest absolute Gasteiger partial charge is 0.339 e. The lowest BCUT2D eigenvalue weighted by Gasteiger charge is -2.08. The van der Waals surface area contributed by atoms with Crippen LogP contribution in [0.4, 0.5) is 5.82 Å². The predicted octanol–water partition coefficient (Wildman–Crippen LogP) is 3.05. The highest BCUT2D eigenvalue weighted by Gasteiger charge is 2.11. The van der Waals surface area contributed by atoms with Gasteiger partial charge < -0.3 is 10.4 Å². The molecule has 0 aliphatic carbocycles. The van der Waals surface area contributed by atoms with E-state index in [1.807, 2.05) is 30.3 Å². The van der Waals surface area contributed by atoms with Crippen LogP contribution in [0.1, 0.15) is 15.9 Å². The van der Waals surface area contributed by atoms with Crippen molar-refractivity contribution >= 4 is 23.4 Å². The van der Waals surface area contributed by atoms with Gasteiger partial charge in [-0.05, 0) is 17.7 Å². The molecule has 92 valence electrons. The Morgan fingerprint density at radius 3 is 2.61 bits per heavy atom. The standard InChI is InChI=1S/C13H11ClN2O2/c14-11-7-6-10(13(17)18)12(16-11)15-8-9-4-2-1-3-5-9/h1-7H,8H2,(H,15,16)(H,17,18). The molecule has 0 radical (unpaired) electrons. The predicted molar refractivity (Wildman–Crippen MR) is 70.0 cm³/mol. The molecular weight excluding hydrogens is 252 g/mol. The number of hydrogen-bond donors (Lipinski definition) is 2. The van der Waals surface area contributed by atoms with Crippen LogP contribution < -0.4 is 5.32 Å². The second-order valence-electron chi connectivity index (χ2n) is 3.67. The molecule has 0 aliphatic heterocycles. The Balaban J connectivity index is 2.18. The maximum atomic E-state index is 11.0. The van der Waals surface area contributed by atoms with Crippen molar-refractivity contribution in [1.82, 2.24) is 4.98 Å². The van der Waals surface area contributed by atoms with Crippen molar-refractivity contribution in [1.29, 1.82) is 0 Å². The summed E-state index contributed by atoms with van der Waals surface area (Å²) < 4.78 is 0. The molecule has 2 rings (SSSR count).